The van der Waals surface area contributed by atoms with Gasteiger partial charge in [0.2, 0.25) is 0 Å². The van der Waals surface area contributed by atoms with Crippen LogP contribution in [0.2, 0.25) is 0 Å². The van der Waals surface area contributed by atoms with E-state index in [0.29, 0.717) is 11.8 Å². The molecule has 0 spiro atoms. The maximum absolute atomic E-state index is 11.4. The molecule has 0 aromatic carbocycles. The Labute approximate surface area is 101 Å². The number of β-amino-alcohol motifs (C(OH)–C–C–N with tert-alkyl or cyclic N) is 1. The number of hydrogen-bond acceptors (Lipinski definition) is 5. The first-order valence-electron chi connectivity index (χ1n) is 6.15. The zero-order valence-corrected chi connectivity index (χ0v) is 10.4. The van der Waals surface area contributed by atoms with Crippen LogP contribution in [0.5, 0.6) is 0 Å². The number of nitrogens with zero attached hydrogens (tertiary/aromatic N) is 1. The van der Waals surface area contributed by atoms with Gasteiger partial charge >= 0.3 is 5.97 Å². The third kappa shape index (κ3) is 2.46. The summed E-state index contributed by atoms with van der Waals surface area (Å²) in [7, 11) is 1.28. The third-order valence-electron chi connectivity index (χ3n) is 4.05. The molecule has 0 radical (unpaired) electrons. The average Bonchev–Trinajstić information content (AvgIpc) is 2.79. The molecule has 2 aliphatic rings. The number of hydrogen-bond donors (Lipinski definition) is 2. The lowest BCUT2D eigenvalue weighted by Gasteiger charge is -2.27. The molecule has 0 bridgehead atoms. The molecule has 98 valence electrons. The maximum atomic E-state index is 11.4. The van der Waals surface area contributed by atoms with Gasteiger partial charge in [0.25, 0.3) is 0 Å². The van der Waals surface area contributed by atoms with Crippen molar-refractivity contribution in [2.45, 2.75) is 31.5 Å². The lowest BCUT2D eigenvalue weighted by atomic mass is 10.00. The standard InChI is InChI=1S/C12H21NO4/c1-12(16,11(15)17-2)7-13-5-8-3-4-10(14)9(8)6-13/h8-10,14,16H,3-7H2,1-2H3. The van der Waals surface area contributed by atoms with Crippen LogP contribution >= 0.6 is 0 Å². The van der Waals surface area contributed by atoms with Gasteiger partial charge in [-0.25, -0.2) is 4.79 Å². The second-order valence-electron chi connectivity index (χ2n) is 5.53. The van der Waals surface area contributed by atoms with Crippen LogP contribution in [0.4, 0.5) is 0 Å². The first kappa shape index (κ1) is 12.8. The van der Waals surface area contributed by atoms with Crippen molar-refractivity contribution in [3.8, 4) is 0 Å². The van der Waals surface area contributed by atoms with Crippen molar-refractivity contribution >= 4 is 5.97 Å². The zero-order valence-electron chi connectivity index (χ0n) is 10.4. The number of carbonyl (C=O) groups is 1. The largest absolute Gasteiger partial charge is 0.467 e. The normalized spacial score (nSPS) is 36.6. The number of fused-ring (bicyclic) bond motifs is 1. The van der Waals surface area contributed by atoms with Gasteiger partial charge in [0.15, 0.2) is 5.60 Å². The molecule has 1 saturated carbocycles. The summed E-state index contributed by atoms with van der Waals surface area (Å²) in [4.78, 5) is 13.4. The Morgan fingerprint density at radius 1 is 1.47 bits per heavy atom. The van der Waals surface area contributed by atoms with Crippen molar-refractivity contribution in [2.75, 3.05) is 26.7 Å². The number of ether oxygens (including phenoxy) is 1. The van der Waals surface area contributed by atoms with Gasteiger partial charge in [-0.1, -0.05) is 0 Å². The quantitative estimate of drug-likeness (QED) is 0.661. The Bertz CT molecular complexity index is 305. The molecule has 2 rings (SSSR count). The summed E-state index contributed by atoms with van der Waals surface area (Å²) in [5.41, 5.74) is -1.46. The number of esters is 1. The van der Waals surface area contributed by atoms with E-state index in [4.69, 9.17) is 0 Å². The predicted molar refractivity (Wildman–Crippen MR) is 61.3 cm³/mol. The Kier molecular flexibility index (Phi) is 3.43. The topological polar surface area (TPSA) is 70.0 Å². The second kappa shape index (κ2) is 4.55. The van der Waals surface area contributed by atoms with Crippen LogP contribution in [0.1, 0.15) is 19.8 Å². The first-order chi connectivity index (χ1) is 7.94. The van der Waals surface area contributed by atoms with E-state index in [1.54, 1.807) is 0 Å². The monoisotopic (exact) mass is 243 g/mol. The Morgan fingerprint density at radius 2 is 2.18 bits per heavy atom. The predicted octanol–water partition coefficient (Wildman–Crippen LogP) is -0.387. The number of carbonyl (C=O) groups excluding carboxylic acids is 1. The molecule has 5 nitrogen and oxygen atoms in total. The lowest BCUT2D eigenvalue weighted by molar-refractivity contribution is -0.162. The number of rotatable bonds is 3. The van der Waals surface area contributed by atoms with E-state index in [1.165, 1.54) is 14.0 Å². The molecule has 4 atom stereocenters. The van der Waals surface area contributed by atoms with Crippen LogP contribution in [-0.4, -0.2) is 59.5 Å². The molecule has 1 aliphatic heterocycles. The summed E-state index contributed by atoms with van der Waals surface area (Å²) >= 11 is 0. The smallest absolute Gasteiger partial charge is 0.338 e. The minimum atomic E-state index is -1.46. The summed E-state index contributed by atoms with van der Waals surface area (Å²) in [5, 5.41) is 19.8. The SMILES string of the molecule is COC(=O)C(C)(O)CN1CC2CCC(O)C2C1. The van der Waals surface area contributed by atoms with E-state index in [9.17, 15) is 15.0 Å². The molecule has 17 heavy (non-hydrogen) atoms. The second-order valence-corrected chi connectivity index (χ2v) is 5.53. The van der Waals surface area contributed by atoms with Gasteiger partial charge in [0, 0.05) is 25.6 Å². The van der Waals surface area contributed by atoms with Crippen LogP contribution in [0, 0.1) is 11.8 Å². The highest BCUT2D eigenvalue weighted by atomic mass is 16.5. The molecule has 0 aromatic heterocycles. The van der Waals surface area contributed by atoms with E-state index < -0.39 is 11.6 Å². The Balaban J connectivity index is 1.92. The van der Waals surface area contributed by atoms with Gasteiger partial charge in [0.1, 0.15) is 0 Å². The first-order valence-corrected chi connectivity index (χ1v) is 6.15. The maximum Gasteiger partial charge on any atom is 0.338 e. The van der Waals surface area contributed by atoms with Crippen molar-refractivity contribution in [2.24, 2.45) is 11.8 Å². The Hall–Kier alpha value is -0.650. The molecular formula is C12H21NO4. The highest BCUT2D eigenvalue weighted by Crippen LogP contribution is 2.38. The van der Waals surface area contributed by atoms with E-state index in [-0.39, 0.29) is 12.6 Å². The van der Waals surface area contributed by atoms with Crippen molar-refractivity contribution in [3.05, 3.63) is 0 Å². The molecule has 1 aliphatic carbocycles. The fourth-order valence-corrected chi connectivity index (χ4v) is 3.18. The molecule has 1 saturated heterocycles. The van der Waals surface area contributed by atoms with Crippen molar-refractivity contribution in [1.82, 2.24) is 4.90 Å². The highest BCUT2D eigenvalue weighted by Gasteiger charge is 2.44. The van der Waals surface area contributed by atoms with Gasteiger partial charge in [0.05, 0.1) is 13.2 Å². The molecule has 5 heteroatoms. The summed E-state index contributed by atoms with van der Waals surface area (Å²) in [6.45, 7) is 3.37. The fourth-order valence-electron chi connectivity index (χ4n) is 3.18. The van der Waals surface area contributed by atoms with Crippen molar-refractivity contribution in [1.29, 1.82) is 0 Å². The molecule has 4 unspecified atom stereocenters. The van der Waals surface area contributed by atoms with E-state index >= 15 is 0 Å². The molecule has 0 aromatic rings. The van der Waals surface area contributed by atoms with Crippen LogP contribution in [0.15, 0.2) is 0 Å². The molecule has 2 fully saturated rings. The van der Waals surface area contributed by atoms with Gasteiger partial charge in [-0.15, -0.1) is 0 Å². The van der Waals surface area contributed by atoms with Gasteiger partial charge in [-0.3, -0.25) is 4.90 Å². The van der Waals surface area contributed by atoms with Crippen LogP contribution in [0.25, 0.3) is 0 Å². The molecular weight excluding hydrogens is 222 g/mol. The zero-order chi connectivity index (χ0) is 12.6. The third-order valence-corrected chi connectivity index (χ3v) is 4.05. The van der Waals surface area contributed by atoms with Gasteiger partial charge in [-0.2, -0.15) is 0 Å². The number of aliphatic hydroxyl groups is 2. The molecule has 0 amide bonds. The van der Waals surface area contributed by atoms with Crippen LogP contribution in [-0.2, 0) is 9.53 Å². The van der Waals surface area contributed by atoms with E-state index in [0.717, 1.165) is 25.9 Å². The van der Waals surface area contributed by atoms with Crippen molar-refractivity contribution in [3.63, 3.8) is 0 Å². The molecule has 2 N–H and O–H groups in total. The minimum absolute atomic E-state index is 0.215. The lowest BCUT2D eigenvalue weighted by Crippen LogP contribution is -2.47. The van der Waals surface area contributed by atoms with Crippen molar-refractivity contribution < 1.29 is 19.7 Å². The average molecular weight is 243 g/mol. The Morgan fingerprint density at radius 3 is 2.76 bits per heavy atom. The van der Waals surface area contributed by atoms with Crippen LogP contribution < -0.4 is 0 Å². The molecule has 1 heterocycles. The van der Waals surface area contributed by atoms with Gasteiger partial charge in [-0.05, 0) is 25.7 Å². The minimum Gasteiger partial charge on any atom is -0.467 e. The number of aliphatic hydroxyl groups excluding tert-OH is 1. The highest BCUT2D eigenvalue weighted by molar-refractivity contribution is 5.78. The van der Waals surface area contributed by atoms with E-state index in [1.807, 2.05) is 0 Å². The number of methoxy groups -OCH3 is 1. The van der Waals surface area contributed by atoms with Crippen LogP contribution in [0.3, 0.4) is 0 Å². The summed E-state index contributed by atoms with van der Waals surface area (Å²) in [6, 6.07) is 0. The summed E-state index contributed by atoms with van der Waals surface area (Å²) in [6.07, 6.45) is 1.72. The summed E-state index contributed by atoms with van der Waals surface area (Å²) < 4.78 is 4.58. The van der Waals surface area contributed by atoms with E-state index in [2.05, 4.69) is 9.64 Å². The fraction of sp³-hybridized carbons (Fsp3) is 0.917. The number of likely N-dealkylation sites (tertiary alicyclic amines) is 1. The van der Waals surface area contributed by atoms with Gasteiger partial charge < -0.3 is 14.9 Å². The summed E-state index contributed by atoms with van der Waals surface area (Å²) in [5.74, 6) is 0.219.